The molecule has 4 rings (SSSR count). The number of benzene rings is 2. The van der Waals surface area contributed by atoms with E-state index in [2.05, 4.69) is 20.3 Å². The highest BCUT2D eigenvalue weighted by Crippen LogP contribution is 2.23. The first-order chi connectivity index (χ1) is 14.1. The monoisotopic (exact) mass is 389 g/mol. The minimum absolute atomic E-state index is 0.324. The van der Waals surface area contributed by atoms with E-state index in [0.717, 1.165) is 0 Å². The van der Waals surface area contributed by atoms with E-state index in [1.807, 2.05) is 0 Å². The van der Waals surface area contributed by atoms with Crippen molar-refractivity contribution in [1.29, 1.82) is 0 Å². The predicted molar refractivity (Wildman–Crippen MR) is 105 cm³/mol. The van der Waals surface area contributed by atoms with Crippen LogP contribution in [-0.4, -0.2) is 25.4 Å². The molecule has 29 heavy (non-hydrogen) atoms. The maximum atomic E-state index is 13.0. The fourth-order valence-corrected chi connectivity index (χ4v) is 2.64. The van der Waals surface area contributed by atoms with Crippen LogP contribution in [0.25, 0.3) is 5.82 Å². The number of nitrogens with one attached hydrogen (secondary N) is 1. The van der Waals surface area contributed by atoms with Crippen molar-refractivity contribution in [2.45, 2.75) is 6.92 Å². The van der Waals surface area contributed by atoms with Crippen LogP contribution >= 0.6 is 0 Å². The summed E-state index contributed by atoms with van der Waals surface area (Å²) in [5.41, 5.74) is 0.958. The second-order valence-corrected chi connectivity index (χ2v) is 6.17. The van der Waals surface area contributed by atoms with Crippen molar-refractivity contribution >= 4 is 11.6 Å². The Bertz CT molecular complexity index is 1130. The number of aromatic nitrogens is 4. The Balaban J connectivity index is 1.46. The van der Waals surface area contributed by atoms with Crippen molar-refractivity contribution < 1.29 is 13.9 Å². The number of amides is 1. The van der Waals surface area contributed by atoms with Crippen molar-refractivity contribution in [3.8, 4) is 17.4 Å². The second-order valence-electron chi connectivity index (χ2n) is 6.17. The summed E-state index contributed by atoms with van der Waals surface area (Å²) in [6.45, 7) is 1.78. The Morgan fingerprint density at radius 1 is 1.07 bits per heavy atom. The van der Waals surface area contributed by atoms with Gasteiger partial charge in [0.1, 0.15) is 29.5 Å². The molecule has 0 fully saturated rings. The van der Waals surface area contributed by atoms with E-state index in [9.17, 15) is 9.18 Å². The molecule has 4 aromatic rings. The Morgan fingerprint density at radius 2 is 1.83 bits per heavy atom. The van der Waals surface area contributed by atoms with E-state index < -0.39 is 0 Å². The topological polar surface area (TPSA) is 81.9 Å². The molecule has 2 heterocycles. The van der Waals surface area contributed by atoms with Gasteiger partial charge in [-0.2, -0.15) is 4.98 Å². The summed E-state index contributed by atoms with van der Waals surface area (Å²) in [7, 11) is 0. The summed E-state index contributed by atoms with van der Waals surface area (Å²) < 4.78 is 20.5. The minimum atomic E-state index is -0.390. The number of nitrogens with zero attached hydrogens (tertiary/aromatic N) is 4. The van der Waals surface area contributed by atoms with E-state index in [-0.39, 0.29) is 11.7 Å². The lowest BCUT2D eigenvalue weighted by Crippen LogP contribution is -2.11. The fraction of sp³-hybridized carbons (Fsp3) is 0.0476. The molecule has 7 nitrogen and oxygen atoms in total. The average Bonchev–Trinajstić information content (AvgIpc) is 3.24. The number of anilines is 1. The van der Waals surface area contributed by atoms with Crippen LogP contribution in [0.3, 0.4) is 0 Å². The van der Waals surface area contributed by atoms with Crippen LogP contribution < -0.4 is 10.1 Å². The molecule has 2 aromatic heterocycles. The molecule has 0 aliphatic carbocycles. The number of hydrogen-bond donors (Lipinski definition) is 1. The molecule has 0 saturated carbocycles. The van der Waals surface area contributed by atoms with Crippen LogP contribution in [0.5, 0.6) is 11.6 Å². The minimum Gasteiger partial charge on any atom is -0.439 e. The van der Waals surface area contributed by atoms with Crippen molar-refractivity contribution in [2.75, 3.05) is 5.32 Å². The van der Waals surface area contributed by atoms with E-state index in [0.29, 0.717) is 34.5 Å². The SMILES string of the molecule is Cc1nc(Oc2ccc(NC(=O)c3ccc(F)cc3)cc2)cc(-n2ccnc2)n1. The Labute approximate surface area is 165 Å². The number of carbonyl (C=O) groups excluding carboxylic acids is 1. The summed E-state index contributed by atoms with van der Waals surface area (Å²) in [5.74, 6) is 1.44. The average molecular weight is 389 g/mol. The summed E-state index contributed by atoms with van der Waals surface area (Å²) in [6, 6.07) is 13.9. The van der Waals surface area contributed by atoms with Gasteiger partial charge in [-0.1, -0.05) is 0 Å². The van der Waals surface area contributed by atoms with Gasteiger partial charge in [0.05, 0.1) is 0 Å². The van der Waals surface area contributed by atoms with Crippen LogP contribution in [0.4, 0.5) is 10.1 Å². The lowest BCUT2D eigenvalue weighted by Gasteiger charge is -2.09. The standard InChI is InChI=1S/C21H16FN5O2/c1-14-24-19(27-11-10-23-13-27)12-20(25-14)29-18-8-6-17(7-9-18)26-21(28)15-2-4-16(22)5-3-15/h2-13H,1H3,(H,26,28). The summed E-state index contributed by atoms with van der Waals surface area (Å²) in [4.78, 5) is 24.9. The molecule has 0 radical (unpaired) electrons. The summed E-state index contributed by atoms with van der Waals surface area (Å²) in [5, 5.41) is 2.75. The zero-order valence-electron chi connectivity index (χ0n) is 15.4. The van der Waals surface area contributed by atoms with Crippen LogP contribution in [-0.2, 0) is 0 Å². The van der Waals surface area contributed by atoms with E-state index >= 15 is 0 Å². The molecule has 0 atom stereocenters. The lowest BCUT2D eigenvalue weighted by atomic mass is 10.2. The fourth-order valence-electron chi connectivity index (χ4n) is 2.64. The van der Waals surface area contributed by atoms with Crippen molar-refractivity contribution in [1.82, 2.24) is 19.5 Å². The van der Waals surface area contributed by atoms with Gasteiger partial charge in [0.15, 0.2) is 0 Å². The molecular weight excluding hydrogens is 373 g/mol. The zero-order valence-corrected chi connectivity index (χ0v) is 15.4. The number of ether oxygens (including phenoxy) is 1. The van der Waals surface area contributed by atoms with Gasteiger partial charge in [-0.05, 0) is 55.5 Å². The smallest absolute Gasteiger partial charge is 0.255 e. The number of halogens is 1. The molecule has 0 unspecified atom stereocenters. The molecule has 0 aliphatic heterocycles. The number of imidazole rings is 1. The van der Waals surface area contributed by atoms with Crippen molar-refractivity contribution in [3.63, 3.8) is 0 Å². The molecule has 0 aliphatic rings. The normalized spacial score (nSPS) is 10.6. The van der Waals surface area contributed by atoms with Gasteiger partial charge in [0.25, 0.3) is 5.91 Å². The molecule has 0 spiro atoms. The maximum Gasteiger partial charge on any atom is 0.255 e. The summed E-state index contributed by atoms with van der Waals surface area (Å²) >= 11 is 0. The third-order valence-corrected chi connectivity index (χ3v) is 4.01. The zero-order chi connectivity index (χ0) is 20.2. The van der Waals surface area contributed by atoms with Crippen molar-refractivity contribution in [2.24, 2.45) is 0 Å². The van der Waals surface area contributed by atoms with Gasteiger partial charge < -0.3 is 10.1 Å². The van der Waals surface area contributed by atoms with Gasteiger partial charge in [-0.3, -0.25) is 9.36 Å². The highest BCUT2D eigenvalue weighted by molar-refractivity contribution is 6.04. The molecule has 144 valence electrons. The molecule has 0 bridgehead atoms. The Morgan fingerprint density at radius 3 is 2.52 bits per heavy atom. The van der Waals surface area contributed by atoms with E-state index in [4.69, 9.17) is 4.74 Å². The number of hydrogen-bond acceptors (Lipinski definition) is 5. The van der Waals surface area contributed by atoms with Gasteiger partial charge in [0, 0.05) is 29.7 Å². The first-order valence-corrected chi connectivity index (χ1v) is 8.76. The second kappa shape index (κ2) is 7.89. The molecule has 2 aromatic carbocycles. The van der Waals surface area contributed by atoms with E-state index in [1.165, 1.54) is 24.3 Å². The van der Waals surface area contributed by atoms with Crippen LogP contribution in [0.15, 0.2) is 73.3 Å². The number of rotatable bonds is 5. The lowest BCUT2D eigenvalue weighted by molar-refractivity contribution is 0.102. The van der Waals surface area contributed by atoms with Crippen LogP contribution in [0.1, 0.15) is 16.2 Å². The Kier molecular flexibility index (Phi) is 4.98. The predicted octanol–water partition coefficient (Wildman–Crippen LogP) is 4.15. The number of carbonyl (C=O) groups is 1. The number of aryl methyl sites for hydroxylation is 1. The van der Waals surface area contributed by atoms with Gasteiger partial charge in [-0.25, -0.2) is 14.4 Å². The quantitative estimate of drug-likeness (QED) is 0.554. The Hall–Kier alpha value is -4.07. The van der Waals surface area contributed by atoms with Crippen LogP contribution in [0.2, 0.25) is 0 Å². The molecule has 1 amide bonds. The maximum absolute atomic E-state index is 13.0. The highest BCUT2D eigenvalue weighted by atomic mass is 19.1. The van der Waals surface area contributed by atoms with Gasteiger partial charge >= 0.3 is 0 Å². The van der Waals surface area contributed by atoms with Gasteiger partial charge in [-0.15, -0.1) is 0 Å². The van der Waals surface area contributed by atoms with Crippen molar-refractivity contribution in [3.05, 3.63) is 90.5 Å². The largest absolute Gasteiger partial charge is 0.439 e. The van der Waals surface area contributed by atoms with Gasteiger partial charge in [0.2, 0.25) is 5.88 Å². The first kappa shape index (κ1) is 18.3. The molecular formula is C21H16FN5O2. The highest BCUT2D eigenvalue weighted by Gasteiger charge is 2.08. The third-order valence-electron chi connectivity index (χ3n) is 4.01. The van der Waals surface area contributed by atoms with Crippen LogP contribution in [0, 0.1) is 12.7 Å². The molecule has 0 saturated heterocycles. The first-order valence-electron chi connectivity index (χ1n) is 8.76. The van der Waals surface area contributed by atoms with E-state index in [1.54, 1.807) is 60.5 Å². The third kappa shape index (κ3) is 4.44. The molecule has 1 N–H and O–H groups in total. The molecule has 8 heteroatoms. The summed E-state index contributed by atoms with van der Waals surface area (Å²) in [6.07, 6.45) is 5.09.